The third-order valence-electron chi connectivity index (χ3n) is 7.29. The summed E-state index contributed by atoms with van der Waals surface area (Å²) in [6, 6.07) is 24.3. The second kappa shape index (κ2) is 9.75. The van der Waals surface area contributed by atoms with Crippen molar-refractivity contribution in [3.05, 3.63) is 112 Å². The minimum Gasteiger partial charge on any atom is -0.466 e. The molecule has 1 spiro atoms. The summed E-state index contributed by atoms with van der Waals surface area (Å²) in [6.45, 7) is 1.92. The van der Waals surface area contributed by atoms with E-state index in [-0.39, 0.29) is 12.5 Å². The number of benzene rings is 3. The van der Waals surface area contributed by atoms with E-state index in [1.807, 2.05) is 66.7 Å². The van der Waals surface area contributed by atoms with Crippen LogP contribution in [0.4, 0.5) is 5.69 Å². The summed E-state index contributed by atoms with van der Waals surface area (Å²) in [5, 5.41) is 3.44. The molecule has 1 heterocycles. The highest BCUT2D eigenvalue weighted by atomic mass is 35.5. The highest BCUT2D eigenvalue weighted by Crippen LogP contribution is 2.59. The second-order valence-corrected chi connectivity index (χ2v) is 9.66. The second-order valence-electron chi connectivity index (χ2n) is 9.22. The number of hydrogen-bond donors (Lipinski definition) is 1. The zero-order valence-corrected chi connectivity index (χ0v) is 20.6. The highest BCUT2D eigenvalue weighted by Gasteiger charge is 2.64. The molecule has 0 bridgehead atoms. The minimum absolute atomic E-state index is 0.174. The lowest BCUT2D eigenvalue weighted by atomic mass is 9.52. The number of hydrogen-bond acceptors (Lipinski definition) is 4. The zero-order chi connectivity index (χ0) is 25.3. The molecule has 0 saturated heterocycles. The van der Waals surface area contributed by atoms with Gasteiger partial charge in [0.05, 0.1) is 12.5 Å². The van der Waals surface area contributed by atoms with Crippen molar-refractivity contribution in [2.45, 2.75) is 24.7 Å². The average Bonchev–Trinajstić information content (AvgIpc) is 3.16. The van der Waals surface area contributed by atoms with Gasteiger partial charge in [-0.1, -0.05) is 78.3 Å². The third kappa shape index (κ3) is 3.84. The Balaban J connectivity index is 1.83. The number of allylic oxidation sites excluding steroid dienone is 2. The maximum Gasteiger partial charge on any atom is 0.311 e. The molecule has 1 amide bonds. The Kier molecular flexibility index (Phi) is 6.50. The number of amides is 1. The zero-order valence-electron chi connectivity index (χ0n) is 19.8. The smallest absolute Gasteiger partial charge is 0.311 e. The van der Waals surface area contributed by atoms with Crippen LogP contribution in [-0.2, 0) is 31.0 Å². The van der Waals surface area contributed by atoms with Crippen molar-refractivity contribution in [2.24, 2.45) is 11.8 Å². The van der Waals surface area contributed by atoms with Gasteiger partial charge in [-0.2, -0.15) is 0 Å². The van der Waals surface area contributed by atoms with Gasteiger partial charge in [0.1, 0.15) is 11.7 Å². The quantitative estimate of drug-likeness (QED) is 0.359. The summed E-state index contributed by atoms with van der Waals surface area (Å²) in [7, 11) is 0. The van der Waals surface area contributed by atoms with Gasteiger partial charge in [-0.25, -0.2) is 0 Å². The molecule has 4 atom stereocenters. The maximum atomic E-state index is 14.2. The Labute approximate surface area is 215 Å². The SMILES string of the molecule is CCOC(=O)C1C(Cc2ccccc2)C=C(C=O)C(c2ccccc2)C12C(=O)Nc1ccc(Cl)cc12. The number of halogens is 1. The van der Waals surface area contributed by atoms with Crippen LogP contribution in [-0.4, -0.2) is 24.8 Å². The van der Waals surface area contributed by atoms with Crippen LogP contribution < -0.4 is 5.32 Å². The molecule has 2 aliphatic rings. The molecule has 182 valence electrons. The van der Waals surface area contributed by atoms with Crippen molar-refractivity contribution in [3.8, 4) is 0 Å². The molecule has 36 heavy (non-hydrogen) atoms. The molecule has 0 aromatic heterocycles. The Bertz CT molecular complexity index is 1340. The lowest BCUT2D eigenvalue weighted by molar-refractivity contribution is -0.156. The fourth-order valence-electron chi connectivity index (χ4n) is 5.99. The van der Waals surface area contributed by atoms with Crippen LogP contribution in [0.5, 0.6) is 0 Å². The van der Waals surface area contributed by atoms with Gasteiger partial charge in [-0.15, -0.1) is 0 Å². The molecule has 1 N–H and O–H groups in total. The minimum atomic E-state index is -1.42. The molecule has 4 unspecified atom stereocenters. The molecule has 6 heteroatoms. The predicted molar refractivity (Wildman–Crippen MR) is 139 cm³/mol. The van der Waals surface area contributed by atoms with Gasteiger partial charge in [0.15, 0.2) is 0 Å². The van der Waals surface area contributed by atoms with Crippen molar-refractivity contribution in [3.63, 3.8) is 0 Å². The number of ether oxygens (including phenoxy) is 1. The largest absolute Gasteiger partial charge is 0.466 e. The maximum absolute atomic E-state index is 14.2. The fourth-order valence-corrected chi connectivity index (χ4v) is 6.17. The molecule has 0 saturated carbocycles. The molecule has 1 aliphatic carbocycles. The Hall–Kier alpha value is -3.70. The average molecular weight is 500 g/mol. The predicted octanol–water partition coefficient (Wildman–Crippen LogP) is 5.49. The number of anilines is 1. The van der Waals surface area contributed by atoms with Crippen molar-refractivity contribution in [2.75, 3.05) is 11.9 Å². The summed E-state index contributed by atoms with van der Waals surface area (Å²) in [4.78, 5) is 40.6. The Morgan fingerprint density at radius 3 is 2.42 bits per heavy atom. The van der Waals surface area contributed by atoms with Gasteiger partial charge in [0.25, 0.3) is 0 Å². The third-order valence-corrected chi connectivity index (χ3v) is 7.52. The van der Waals surface area contributed by atoms with E-state index in [0.717, 1.165) is 17.4 Å². The van der Waals surface area contributed by atoms with Gasteiger partial charge in [0.2, 0.25) is 5.91 Å². The van der Waals surface area contributed by atoms with Gasteiger partial charge in [-0.3, -0.25) is 14.4 Å². The van der Waals surface area contributed by atoms with E-state index in [9.17, 15) is 14.4 Å². The van der Waals surface area contributed by atoms with E-state index in [4.69, 9.17) is 16.3 Å². The molecule has 1 aliphatic heterocycles. The monoisotopic (exact) mass is 499 g/mol. The van der Waals surface area contributed by atoms with Crippen LogP contribution in [0.25, 0.3) is 0 Å². The Morgan fingerprint density at radius 1 is 1.06 bits per heavy atom. The topological polar surface area (TPSA) is 72.5 Å². The van der Waals surface area contributed by atoms with Gasteiger partial charge < -0.3 is 10.1 Å². The first-order chi connectivity index (χ1) is 17.5. The molecule has 5 nitrogen and oxygen atoms in total. The van der Waals surface area contributed by atoms with Crippen molar-refractivity contribution >= 4 is 35.5 Å². The molecule has 0 radical (unpaired) electrons. The first-order valence-corrected chi connectivity index (χ1v) is 12.4. The standard InChI is InChI=1S/C30H26ClNO4/c1-2-36-28(34)27-21(15-19-9-5-3-6-10-19)16-22(18-33)26(20-11-7-4-8-12-20)30(27)24-17-23(31)13-14-25(24)32-29(30)35/h3-14,16-18,21,26-27H,2,15H2,1H3,(H,32,35). The van der Waals surface area contributed by atoms with E-state index in [0.29, 0.717) is 28.3 Å². The van der Waals surface area contributed by atoms with Crippen LogP contribution in [0.2, 0.25) is 5.02 Å². The van der Waals surface area contributed by atoms with E-state index >= 15 is 0 Å². The molecular formula is C30H26ClNO4. The van der Waals surface area contributed by atoms with E-state index in [2.05, 4.69) is 5.32 Å². The summed E-state index contributed by atoms with van der Waals surface area (Å²) in [6.07, 6.45) is 3.14. The number of fused-ring (bicyclic) bond motifs is 2. The van der Waals surface area contributed by atoms with E-state index < -0.39 is 29.1 Å². The van der Waals surface area contributed by atoms with Crippen molar-refractivity contribution in [1.82, 2.24) is 0 Å². The number of nitrogens with one attached hydrogen (secondary N) is 1. The summed E-state index contributed by atoms with van der Waals surface area (Å²) < 4.78 is 5.61. The van der Waals surface area contributed by atoms with Gasteiger partial charge >= 0.3 is 5.97 Å². The first-order valence-electron chi connectivity index (χ1n) is 12.0. The van der Waals surface area contributed by atoms with Gasteiger partial charge in [-0.05, 0) is 59.7 Å². The number of carbonyl (C=O) groups is 3. The summed E-state index contributed by atoms with van der Waals surface area (Å²) >= 11 is 6.45. The summed E-state index contributed by atoms with van der Waals surface area (Å²) in [5.74, 6) is -2.84. The van der Waals surface area contributed by atoms with E-state index in [1.54, 1.807) is 25.1 Å². The normalized spacial score (nSPS) is 24.6. The summed E-state index contributed by atoms with van der Waals surface area (Å²) in [5.41, 5.74) is 2.01. The number of esters is 1. The lowest BCUT2D eigenvalue weighted by Gasteiger charge is -2.47. The Morgan fingerprint density at radius 2 is 1.75 bits per heavy atom. The van der Waals surface area contributed by atoms with Crippen molar-refractivity contribution in [1.29, 1.82) is 0 Å². The van der Waals surface area contributed by atoms with Crippen LogP contribution in [0.3, 0.4) is 0 Å². The van der Waals surface area contributed by atoms with Crippen LogP contribution in [0, 0.1) is 11.8 Å². The number of rotatable bonds is 6. The van der Waals surface area contributed by atoms with E-state index in [1.165, 1.54) is 0 Å². The van der Waals surface area contributed by atoms with Crippen LogP contribution >= 0.6 is 11.6 Å². The first kappa shape index (κ1) is 24.0. The number of carbonyl (C=O) groups excluding carboxylic acids is 3. The fraction of sp³-hybridized carbons (Fsp3) is 0.233. The van der Waals surface area contributed by atoms with Crippen LogP contribution in [0.15, 0.2) is 90.5 Å². The molecule has 0 fully saturated rings. The van der Waals surface area contributed by atoms with Crippen molar-refractivity contribution < 1.29 is 19.1 Å². The molecule has 3 aromatic rings. The van der Waals surface area contributed by atoms with Crippen LogP contribution in [0.1, 0.15) is 29.5 Å². The molecule has 5 rings (SSSR count). The lowest BCUT2D eigenvalue weighted by Crippen LogP contribution is -2.56. The molecule has 3 aromatic carbocycles. The number of aldehydes is 1. The van der Waals surface area contributed by atoms with Gasteiger partial charge in [0, 0.05) is 16.6 Å². The molecular weight excluding hydrogens is 474 g/mol. The highest BCUT2D eigenvalue weighted by molar-refractivity contribution is 6.31.